The summed E-state index contributed by atoms with van der Waals surface area (Å²) in [5, 5.41) is 13.6. The minimum absolute atomic E-state index is 0.181. The smallest absolute Gasteiger partial charge is 0.416 e. The fourth-order valence-corrected chi connectivity index (χ4v) is 2.33. The first kappa shape index (κ1) is 19.2. The summed E-state index contributed by atoms with van der Waals surface area (Å²) in [6, 6.07) is 9.76. The molecule has 0 saturated heterocycles. The van der Waals surface area contributed by atoms with Gasteiger partial charge in [-0.15, -0.1) is 5.10 Å². The van der Waals surface area contributed by atoms with Crippen LogP contribution in [0.5, 0.6) is 11.5 Å². The van der Waals surface area contributed by atoms with E-state index in [1.807, 2.05) is 0 Å². The van der Waals surface area contributed by atoms with E-state index < -0.39 is 11.7 Å². The second-order valence-electron chi connectivity index (χ2n) is 5.56. The number of methoxy groups -OCH3 is 2. The van der Waals surface area contributed by atoms with Crippen LogP contribution in [-0.2, 0) is 6.18 Å². The maximum Gasteiger partial charge on any atom is 0.416 e. The highest BCUT2D eigenvalue weighted by atomic mass is 19.4. The van der Waals surface area contributed by atoms with Gasteiger partial charge < -0.3 is 20.1 Å². The number of rotatable bonds is 6. The number of hydrogen-bond donors (Lipinski definition) is 2. The van der Waals surface area contributed by atoms with Gasteiger partial charge in [0.2, 0.25) is 5.95 Å². The van der Waals surface area contributed by atoms with Crippen molar-refractivity contribution in [3.05, 3.63) is 54.2 Å². The molecule has 0 amide bonds. The van der Waals surface area contributed by atoms with Crippen molar-refractivity contribution in [3.63, 3.8) is 0 Å². The van der Waals surface area contributed by atoms with Crippen LogP contribution in [0.1, 0.15) is 5.56 Å². The van der Waals surface area contributed by atoms with E-state index in [-0.39, 0.29) is 5.95 Å². The lowest BCUT2D eigenvalue weighted by molar-refractivity contribution is -0.137. The zero-order chi connectivity index (χ0) is 20.1. The molecule has 0 atom stereocenters. The van der Waals surface area contributed by atoms with E-state index in [9.17, 15) is 13.2 Å². The van der Waals surface area contributed by atoms with Crippen LogP contribution >= 0.6 is 0 Å². The summed E-state index contributed by atoms with van der Waals surface area (Å²) < 4.78 is 48.4. The third kappa shape index (κ3) is 4.58. The number of nitrogens with one attached hydrogen (secondary N) is 2. The first-order chi connectivity index (χ1) is 13.4. The third-order valence-electron chi connectivity index (χ3n) is 3.70. The maximum atomic E-state index is 12.6. The summed E-state index contributed by atoms with van der Waals surface area (Å²) in [5.41, 5.74) is 0.297. The number of benzene rings is 2. The average molecular weight is 391 g/mol. The molecule has 0 aliphatic rings. The number of nitrogens with zero attached hydrogens (tertiary/aromatic N) is 3. The second kappa shape index (κ2) is 7.99. The van der Waals surface area contributed by atoms with Gasteiger partial charge in [-0.05, 0) is 36.4 Å². The molecule has 0 radical (unpaired) electrons. The lowest BCUT2D eigenvalue weighted by Crippen LogP contribution is -2.05. The predicted molar refractivity (Wildman–Crippen MR) is 97.4 cm³/mol. The van der Waals surface area contributed by atoms with Crippen molar-refractivity contribution >= 4 is 23.1 Å². The normalized spacial score (nSPS) is 11.0. The summed E-state index contributed by atoms with van der Waals surface area (Å²) in [7, 11) is 3.06. The quantitative estimate of drug-likeness (QED) is 0.645. The van der Waals surface area contributed by atoms with Gasteiger partial charge in [0.1, 0.15) is 11.5 Å². The number of alkyl halides is 3. The molecule has 1 heterocycles. The zero-order valence-corrected chi connectivity index (χ0v) is 14.9. The van der Waals surface area contributed by atoms with E-state index in [0.717, 1.165) is 12.1 Å². The molecule has 0 spiro atoms. The van der Waals surface area contributed by atoms with Gasteiger partial charge in [-0.2, -0.15) is 23.3 Å². The van der Waals surface area contributed by atoms with Crippen LogP contribution in [0.2, 0.25) is 0 Å². The molecule has 7 nitrogen and oxygen atoms in total. The molecule has 10 heteroatoms. The van der Waals surface area contributed by atoms with Gasteiger partial charge in [0.25, 0.3) is 0 Å². The first-order valence-electron chi connectivity index (χ1n) is 8.02. The minimum Gasteiger partial charge on any atom is -0.497 e. The van der Waals surface area contributed by atoms with E-state index >= 15 is 0 Å². The maximum absolute atomic E-state index is 12.6. The van der Waals surface area contributed by atoms with Crippen molar-refractivity contribution in [2.75, 3.05) is 24.9 Å². The highest BCUT2D eigenvalue weighted by molar-refractivity contribution is 5.65. The third-order valence-corrected chi connectivity index (χ3v) is 3.70. The Kier molecular flexibility index (Phi) is 5.48. The van der Waals surface area contributed by atoms with Crippen molar-refractivity contribution in [1.29, 1.82) is 0 Å². The summed E-state index contributed by atoms with van der Waals surface area (Å²) in [5.74, 6) is 1.63. The zero-order valence-electron chi connectivity index (χ0n) is 14.9. The molecule has 0 saturated carbocycles. The second-order valence-corrected chi connectivity index (χ2v) is 5.56. The summed E-state index contributed by atoms with van der Waals surface area (Å²) in [6.07, 6.45) is -3.03. The van der Waals surface area contributed by atoms with E-state index in [4.69, 9.17) is 9.47 Å². The Labute approximate surface area is 158 Å². The lowest BCUT2D eigenvalue weighted by Gasteiger charge is -2.12. The topological polar surface area (TPSA) is 81.2 Å². The summed E-state index contributed by atoms with van der Waals surface area (Å²) in [4.78, 5) is 4.25. The van der Waals surface area contributed by atoms with E-state index in [1.165, 1.54) is 25.4 Å². The van der Waals surface area contributed by atoms with Crippen molar-refractivity contribution in [2.45, 2.75) is 6.18 Å². The standard InChI is InChI=1S/C18H16F3N5O2/c1-27-13-7-8-14(15(9-13)28-2)24-17-25-16(10-22-26-17)23-12-5-3-11(4-6-12)18(19,20)21/h3-10H,1-2H3,(H2,23,24,25,26). The van der Waals surface area contributed by atoms with E-state index in [1.54, 1.807) is 25.3 Å². The Hall–Kier alpha value is -3.56. The Morgan fingerprint density at radius 1 is 0.929 bits per heavy atom. The Bertz CT molecular complexity index is 949. The number of anilines is 4. The van der Waals surface area contributed by atoms with Crippen LogP contribution in [0.3, 0.4) is 0 Å². The van der Waals surface area contributed by atoms with Crippen LogP contribution in [0.4, 0.5) is 36.3 Å². The molecule has 146 valence electrons. The largest absolute Gasteiger partial charge is 0.497 e. The molecule has 0 aliphatic carbocycles. The van der Waals surface area contributed by atoms with Gasteiger partial charge in [0.05, 0.1) is 31.7 Å². The average Bonchev–Trinajstić information content (AvgIpc) is 2.68. The van der Waals surface area contributed by atoms with Crippen molar-refractivity contribution in [2.24, 2.45) is 0 Å². The van der Waals surface area contributed by atoms with Gasteiger partial charge in [-0.1, -0.05) is 0 Å². The van der Waals surface area contributed by atoms with Crippen LogP contribution in [-0.4, -0.2) is 29.4 Å². The predicted octanol–water partition coefficient (Wildman–Crippen LogP) is 4.39. The van der Waals surface area contributed by atoms with Gasteiger partial charge >= 0.3 is 6.18 Å². The molecule has 1 aromatic heterocycles. The summed E-state index contributed by atoms with van der Waals surface area (Å²) >= 11 is 0. The number of ether oxygens (including phenoxy) is 2. The highest BCUT2D eigenvalue weighted by Gasteiger charge is 2.29. The fourth-order valence-electron chi connectivity index (χ4n) is 2.33. The monoisotopic (exact) mass is 391 g/mol. The highest BCUT2D eigenvalue weighted by Crippen LogP contribution is 2.31. The molecule has 0 aliphatic heterocycles. The molecule has 3 aromatic rings. The van der Waals surface area contributed by atoms with E-state index in [0.29, 0.717) is 28.7 Å². The molecule has 28 heavy (non-hydrogen) atoms. The molecule has 0 bridgehead atoms. The molecular weight excluding hydrogens is 375 g/mol. The van der Waals surface area contributed by atoms with Gasteiger partial charge in [-0.3, -0.25) is 0 Å². The number of aromatic nitrogens is 3. The molecule has 0 unspecified atom stereocenters. The van der Waals surface area contributed by atoms with Crippen LogP contribution in [0.15, 0.2) is 48.7 Å². The van der Waals surface area contributed by atoms with Crippen LogP contribution in [0, 0.1) is 0 Å². The first-order valence-corrected chi connectivity index (χ1v) is 8.02. The molecule has 0 fully saturated rings. The minimum atomic E-state index is -4.39. The number of hydrogen-bond acceptors (Lipinski definition) is 7. The Morgan fingerprint density at radius 2 is 1.68 bits per heavy atom. The molecular formula is C18H16F3N5O2. The SMILES string of the molecule is COc1ccc(Nc2nncc(Nc3ccc(C(F)(F)F)cc3)n2)c(OC)c1. The number of halogens is 3. The van der Waals surface area contributed by atoms with Crippen LogP contribution < -0.4 is 20.1 Å². The van der Waals surface area contributed by atoms with E-state index in [2.05, 4.69) is 25.8 Å². The van der Waals surface area contributed by atoms with Crippen LogP contribution in [0.25, 0.3) is 0 Å². The Balaban J connectivity index is 1.76. The van der Waals surface area contributed by atoms with Crippen molar-refractivity contribution < 1.29 is 22.6 Å². The van der Waals surface area contributed by atoms with Crippen molar-refractivity contribution in [3.8, 4) is 11.5 Å². The lowest BCUT2D eigenvalue weighted by atomic mass is 10.2. The molecule has 2 aromatic carbocycles. The van der Waals surface area contributed by atoms with Gasteiger partial charge in [0, 0.05) is 11.8 Å². The van der Waals surface area contributed by atoms with Gasteiger partial charge in [-0.25, -0.2) is 0 Å². The molecule has 3 rings (SSSR count). The van der Waals surface area contributed by atoms with Gasteiger partial charge in [0.15, 0.2) is 5.82 Å². The summed E-state index contributed by atoms with van der Waals surface area (Å²) in [6.45, 7) is 0. The Morgan fingerprint density at radius 3 is 2.32 bits per heavy atom. The molecule has 2 N–H and O–H groups in total. The fraction of sp³-hybridized carbons (Fsp3) is 0.167. The van der Waals surface area contributed by atoms with Crippen molar-refractivity contribution in [1.82, 2.24) is 15.2 Å².